The molecule has 0 aliphatic heterocycles. The highest BCUT2D eigenvalue weighted by molar-refractivity contribution is 7.78. The summed E-state index contributed by atoms with van der Waals surface area (Å²) in [5, 5.41) is 3.58. The van der Waals surface area contributed by atoms with E-state index in [4.69, 9.17) is 4.52 Å². The molecule has 0 amide bonds. The Morgan fingerprint density at radius 1 is 1.33 bits per heavy atom. The highest BCUT2D eigenvalue weighted by Gasteiger charge is 2.34. The van der Waals surface area contributed by atoms with Gasteiger partial charge in [0.2, 0.25) is 0 Å². The minimum absolute atomic E-state index is 0.0815. The summed E-state index contributed by atoms with van der Waals surface area (Å²) in [6.07, 6.45) is -1.72. The minimum Gasteiger partial charge on any atom is -0.772 e. The zero-order valence-corrected chi connectivity index (χ0v) is 12.9. The second-order valence-corrected chi connectivity index (χ2v) is 6.42. The van der Waals surface area contributed by atoms with Gasteiger partial charge in [-0.3, -0.25) is 9.00 Å². The number of alkyl halides is 3. The summed E-state index contributed by atoms with van der Waals surface area (Å²) in [4.78, 5) is 12.6. The summed E-state index contributed by atoms with van der Waals surface area (Å²) >= 11 is -2.64. The third-order valence-electron chi connectivity index (χ3n) is 3.74. The first-order chi connectivity index (χ1) is 11.3. The van der Waals surface area contributed by atoms with Crippen molar-refractivity contribution in [3.63, 3.8) is 0 Å². The van der Waals surface area contributed by atoms with Gasteiger partial charge in [0.1, 0.15) is 0 Å². The molecule has 1 aliphatic carbocycles. The quantitative estimate of drug-likeness (QED) is 0.605. The Labute approximate surface area is 137 Å². The lowest BCUT2D eigenvalue weighted by atomic mass is 9.96. The van der Waals surface area contributed by atoms with Crippen LogP contribution in [0.5, 0.6) is 0 Å². The summed E-state index contributed by atoms with van der Waals surface area (Å²) < 4.78 is 65.4. The maximum atomic E-state index is 12.8. The topological polar surface area (TPSA) is 83.2 Å². The molecule has 2 aromatic rings. The zero-order chi connectivity index (χ0) is 17.5. The molecule has 1 aliphatic rings. The Hall–Kier alpha value is -2.00. The number of carbonyl (C=O) groups excluding carboxylic acids is 1. The van der Waals surface area contributed by atoms with Crippen molar-refractivity contribution < 1.29 is 31.3 Å². The lowest BCUT2D eigenvalue weighted by Gasteiger charge is -2.14. The van der Waals surface area contributed by atoms with Crippen molar-refractivity contribution in [1.82, 2.24) is 5.16 Å². The third-order valence-corrected chi connectivity index (χ3v) is 4.29. The van der Waals surface area contributed by atoms with Crippen molar-refractivity contribution in [3.8, 4) is 0 Å². The van der Waals surface area contributed by atoms with Gasteiger partial charge in [0, 0.05) is 17.2 Å². The molecule has 3 rings (SSSR count). The molecular weight excluding hydrogens is 347 g/mol. The van der Waals surface area contributed by atoms with Gasteiger partial charge in [-0.05, 0) is 30.5 Å². The van der Waals surface area contributed by atoms with E-state index in [1.54, 1.807) is 0 Å². The van der Waals surface area contributed by atoms with E-state index in [9.17, 15) is 26.7 Å². The Balaban J connectivity index is 2.03. The smallest absolute Gasteiger partial charge is 0.416 e. The monoisotopic (exact) mass is 358 g/mol. The van der Waals surface area contributed by atoms with Crippen LogP contribution in [-0.4, -0.2) is 19.7 Å². The molecule has 1 unspecified atom stereocenters. The Kier molecular flexibility index (Phi) is 4.31. The molecule has 5 nitrogen and oxygen atoms in total. The summed E-state index contributed by atoms with van der Waals surface area (Å²) in [7, 11) is 0. The largest absolute Gasteiger partial charge is 0.772 e. The van der Waals surface area contributed by atoms with Gasteiger partial charge < -0.3 is 9.08 Å². The van der Waals surface area contributed by atoms with Crippen molar-refractivity contribution in [3.05, 3.63) is 52.4 Å². The van der Waals surface area contributed by atoms with Gasteiger partial charge in [-0.2, -0.15) is 13.2 Å². The van der Waals surface area contributed by atoms with E-state index in [1.165, 1.54) is 6.20 Å². The van der Waals surface area contributed by atoms with Crippen molar-refractivity contribution in [1.29, 1.82) is 0 Å². The van der Waals surface area contributed by atoms with Gasteiger partial charge in [0.25, 0.3) is 0 Å². The van der Waals surface area contributed by atoms with Crippen LogP contribution in [0, 0.1) is 0 Å². The molecule has 1 aromatic heterocycles. The van der Waals surface area contributed by atoms with E-state index in [1.807, 2.05) is 0 Å². The van der Waals surface area contributed by atoms with E-state index in [0.29, 0.717) is 11.8 Å². The first kappa shape index (κ1) is 16.8. The van der Waals surface area contributed by atoms with Crippen LogP contribution in [0.15, 0.2) is 28.9 Å². The molecule has 1 aromatic carbocycles. The summed E-state index contributed by atoms with van der Waals surface area (Å²) in [6.45, 7) is 0. The van der Waals surface area contributed by atoms with Gasteiger partial charge in [-0.25, -0.2) is 0 Å². The zero-order valence-electron chi connectivity index (χ0n) is 12.1. The molecule has 1 heterocycles. The molecule has 0 radical (unpaired) electrons. The van der Waals surface area contributed by atoms with E-state index < -0.39 is 34.4 Å². The van der Waals surface area contributed by atoms with Crippen molar-refractivity contribution in [2.24, 2.45) is 0 Å². The predicted octanol–water partition coefficient (Wildman–Crippen LogP) is 3.18. The average Bonchev–Trinajstić information content (AvgIpc) is 3.22. The lowest BCUT2D eigenvalue weighted by molar-refractivity contribution is -0.137. The molecule has 128 valence electrons. The van der Waals surface area contributed by atoms with Gasteiger partial charge in [-0.15, -0.1) is 0 Å². The summed E-state index contributed by atoms with van der Waals surface area (Å²) in [5.41, 5.74) is -1.15. The normalized spacial score (nSPS) is 16.2. The van der Waals surface area contributed by atoms with Gasteiger partial charge >= 0.3 is 6.18 Å². The highest BCUT2D eigenvalue weighted by atomic mass is 32.2. The van der Waals surface area contributed by atoms with Crippen LogP contribution in [-0.2, 0) is 23.0 Å². The molecule has 9 heteroatoms. The standard InChI is InChI=1S/C15H12F3NO4S/c16-15(17,18)10-3-4-11(9(5-10)7-24(21)22)13(20)12-6-19-23-14(12)8-1-2-8/h3-6,8H,1-2,7H2,(H,21,22)/p-1. The van der Waals surface area contributed by atoms with Crippen LogP contribution in [0.3, 0.4) is 0 Å². The van der Waals surface area contributed by atoms with Gasteiger partial charge in [0.15, 0.2) is 11.5 Å². The minimum atomic E-state index is -4.63. The van der Waals surface area contributed by atoms with Crippen LogP contribution < -0.4 is 0 Å². The molecule has 1 atom stereocenters. The molecule has 0 N–H and O–H groups in total. The number of aromatic nitrogens is 1. The van der Waals surface area contributed by atoms with Gasteiger partial charge in [0.05, 0.1) is 17.3 Å². The fourth-order valence-electron chi connectivity index (χ4n) is 2.44. The molecule has 1 saturated carbocycles. The molecule has 24 heavy (non-hydrogen) atoms. The van der Waals surface area contributed by atoms with E-state index in [0.717, 1.165) is 25.0 Å². The second-order valence-electron chi connectivity index (χ2n) is 5.52. The average molecular weight is 358 g/mol. The maximum absolute atomic E-state index is 12.8. The first-order valence-electron chi connectivity index (χ1n) is 7.02. The number of hydrogen-bond acceptors (Lipinski definition) is 5. The number of nitrogens with zero attached hydrogens (tertiary/aromatic N) is 1. The van der Waals surface area contributed by atoms with Crippen LogP contribution in [0.1, 0.15) is 51.6 Å². The van der Waals surface area contributed by atoms with Crippen LogP contribution in [0.4, 0.5) is 13.2 Å². The molecule has 0 bridgehead atoms. The van der Waals surface area contributed by atoms with E-state index >= 15 is 0 Å². The number of benzene rings is 1. The SMILES string of the molecule is O=C(c1ccc(C(F)(F)F)cc1CS(=O)[O-])c1cnoc1C1CC1. The van der Waals surface area contributed by atoms with Crippen LogP contribution >= 0.6 is 0 Å². The number of rotatable bonds is 5. The lowest BCUT2D eigenvalue weighted by Crippen LogP contribution is -2.12. The predicted molar refractivity (Wildman–Crippen MR) is 76.0 cm³/mol. The Bertz CT molecular complexity index is 811. The summed E-state index contributed by atoms with van der Waals surface area (Å²) in [5.74, 6) is -0.797. The molecular formula is C15H11F3NO4S-. The Morgan fingerprint density at radius 3 is 2.62 bits per heavy atom. The number of hydrogen-bond donors (Lipinski definition) is 0. The number of halogens is 3. The first-order valence-corrected chi connectivity index (χ1v) is 8.27. The fourth-order valence-corrected chi connectivity index (χ4v) is 2.93. The van der Waals surface area contributed by atoms with Crippen molar-refractivity contribution in [2.75, 3.05) is 0 Å². The fraction of sp³-hybridized carbons (Fsp3) is 0.333. The molecule has 0 saturated heterocycles. The van der Waals surface area contributed by atoms with Gasteiger partial charge in [-0.1, -0.05) is 22.3 Å². The van der Waals surface area contributed by atoms with Crippen molar-refractivity contribution in [2.45, 2.75) is 30.7 Å². The highest BCUT2D eigenvalue weighted by Crippen LogP contribution is 2.42. The third kappa shape index (κ3) is 3.41. The van der Waals surface area contributed by atoms with E-state index in [2.05, 4.69) is 5.16 Å². The summed E-state index contributed by atoms with van der Waals surface area (Å²) in [6, 6.07) is 2.44. The van der Waals surface area contributed by atoms with E-state index in [-0.39, 0.29) is 22.6 Å². The van der Waals surface area contributed by atoms with Crippen LogP contribution in [0.2, 0.25) is 0 Å². The maximum Gasteiger partial charge on any atom is 0.416 e. The second kappa shape index (κ2) is 6.14. The Morgan fingerprint density at radius 2 is 2.04 bits per heavy atom. The van der Waals surface area contributed by atoms with Crippen LogP contribution in [0.25, 0.3) is 0 Å². The molecule has 0 spiro atoms. The number of ketones is 1. The number of carbonyl (C=O) groups is 1. The molecule has 1 fully saturated rings. The van der Waals surface area contributed by atoms with Crippen molar-refractivity contribution >= 4 is 16.9 Å².